The number of amides is 1. The molecule has 0 heterocycles. The Kier molecular flexibility index (Phi) is 5.33. The van der Waals surface area contributed by atoms with Crippen LogP contribution >= 0.6 is 11.8 Å². The average molecular weight is 216 g/mol. The predicted molar refractivity (Wildman–Crippen MR) is 61.3 cm³/mol. The van der Waals surface area contributed by atoms with E-state index in [0.29, 0.717) is 5.75 Å². The average Bonchev–Trinajstić information content (AvgIpc) is 2.98. The van der Waals surface area contributed by atoms with Gasteiger partial charge in [-0.15, -0.1) is 0 Å². The monoisotopic (exact) mass is 216 g/mol. The van der Waals surface area contributed by atoms with Crippen LogP contribution in [0.4, 0.5) is 0 Å². The van der Waals surface area contributed by atoms with E-state index in [1.54, 1.807) is 11.8 Å². The maximum absolute atomic E-state index is 11.3. The first-order valence-corrected chi connectivity index (χ1v) is 6.47. The van der Waals surface area contributed by atoms with Crippen LogP contribution < -0.4 is 11.1 Å². The molecule has 1 aliphatic carbocycles. The Morgan fingerprint density at radius 1 is 1.64 bits per heavy atom. The van der Waals surface area contributed by atoms with E-state index in [2.05, 4.69) is 12.2 Å². The second-order valence-electron chi connectivity index (χ2n) is 3.93. The third kappa shape index (κ3) is 5.50. The molecule has 14 heavy (non-hydrogen) atoms. The number of thioether (sulfide) groups is 1. The van der Waals surface area contributed by atoms with Crippen molar-refractivity contribution in [2.45, 2.75) is 32.2 Å². The van der Waals surface area contributed by atoms with E-state index in [0.717, 1.165) is 24.6 Å². The number of carbonyl (C=O) groups excluding carboxylic acids is 1. The highest BCUT2D eigenvalue weighted by molar-refractivity contribution is 7.99. The van der Waals surface area contributed by atoms with E-state index >= 15 is 0 Å². The Labute approximate surface area is 90.2 Å². The molecule has 0 aromatic heterocycles. The van der Waals surface area contributed by atoms with E-state index in [1.165, 1.54) is 12.8 Å². The van der Waals surface area contributed by atoms with Crippen molar-refractivity contribution in [1.82, 2.24) is 5.32 Å². The molecule has 0 spiro atoms. The summed E-state index contributed by atoms with van der Waals surface area (Å²) in [5.74, 6) is 2.36. The summed E-state index contributed by atoms with van der Waals surface area (Å²) in [6, 6.07) is 0.233. The van der Waals surface area contributed by atoms with Crippen LogP contribution in [0.5, 0.6) is 0 Å². The van der Waals surface area contributed by atoms with Gasteiger partial charge in [0.25, 0.3) is 0 Å². The van der Waals surface area contributed by atoms with Gasteiger partial charge in [0, 0.05) is 18.3 Å². The van der Waals surface area contributed by atoms with Gasteiger partial charge in [0.2, 0.25) is 5.91 Å². The lowest BCUT2D eigenvalue weighted by atomic mass is 10.3. The fourth-order valence-electron chi connectivity index (χ4n) is 1.05. The lowest BCUT2D eigenvalue weighted by molar-refractivity contribution is -0.118. The molecule has 0 bridgehead atoms. The van der Waals surface area contributed by atoms with Crippen molar-refractivity contribution < 1.29 is 4.79 Å². The van der Waals surface area contributed by atoms with Crippen molar-refractivity contribution in [3.05, 3.63) is 0 Å². The van der Waals surface area contributed by atoms with Crippen molar-refractivity contribution >= 4 is 17.7 Å². The molecule has 0 aromatic rings. The molecule has 3 N–H and O–H groups in total. The van der Waals surface area contributed by atoms with Gasteiger partial charge < -0.3 is 11.1 Å². The minimum atomic E-state index is 0.158. The van der Waals surface area contributed by atoms with Crippen LogP contribution in [-0.2, 0) is 4.79 Å². The largest absolute Gasteiger partial charge is 0.355 e. The summed E-state index contributed by atoms with van der Waals surface area (Å²) in [5, 5.41) is 2.94. The van der Waals surface area contributed by atoms with Crippen molar-refractivity contribution in [2.75, 3.05) is 18.1 Å². The maximum atomic E-state index is 11.3. The lowest BCUT2D eigenvalue weighted by Gasteiger charge is -2.08. The molecule has 0 aromatic carbocycles. The number of hydrogen-bond acceptors (Lipinski definition) is 3. The van der Waals surface area contributed by atoms with Gasteiger partial charge in [0.05, 0.1) is 5.75 Å². The molecule has 82 valence electrons. The van der Waals surface area contributed by atoms with Gasteiger partial charge in [-0.2, -0.15) is 11.8 Å². The highest BCUT2D eigenvalue weighted by Crippen LogP contribution is 2.27. The molecule has 1 aliphatic rings. The summed E-state index contributed by atoms with van der Waals surface area (Å²) in [5.41, 5.74) is 5.74. The van der Waals surface area contributed by atoms with Gasteiger partial charge in [-0.25, -0.2) is 0 Å². The third-order valence-electron chi connectivity index (χ3n) is 2.37. The standard InChI is InChI=1S/C10H20N2OS/c1-2-9(11)6-14-7-10(13)12-5-8-3-4-8/h8-9H,2-7,11H2,1H3,(H,12,13). The Morgan fingerprint density at radius 2 is 2.36 bits per heavy atom. The summed E-state index contributed by atoms with van der Waals surface area (Å²) in [6.07, 6.45) is 3.55. The minimum absolute atomic E-state index is 0.158. The lowest BCUT2D eigenvalue weighted by Crippen LogP contribution is -2.28. The molecule has 0 radical (unpaired) electrons. The normalized spacial score (nSPS) is 17.9. The second kappa shape index (κ2) is 6.30. The molecule has 1 rings (SSSR count). The first-order chi connectivity index (χ1) is 6.72. The van der Waals surface area contributed by atoms with Crippen LogP contribution in [0.2, 0.25) is 0 Å². The first-order valence-electron chi connectivity index (χ1n) is 5.32. The van der Waals surface area contributed by atoms with Gasteiger partial charge in [-0.3, -0.25) is 4.79 Å². The topological polar surface area (TPSA) is 55.1 Å². The van der Waals surface area contributed by atoms with Gasteiger partial charge in [0.15, 0.2) is 0 Å². The highest BCUT2D eigenvalue weighted by Gasteiger charge is 2.21. The smallest absolute Gasteiger partial charge is 0.230 e. The number of carbonyl (C=O) groups is 1. The maximum Gasteiger partial charge on any atom is 0.230 e. The van der Waals surface area contributed by atoms with Crippen LogP contribution in [0.3, 0.4) is 0 Å². The molecule has 1 amide bonds. The van der Waals surface area contributed by atoms with Gasteiger partial charge in [-0.1, -0.05) is 6.92 Å². The van der Waals surface area contributed by atoms with Crippen molar-refractivity contribution in [2.24, 2.45) is 11.7 Å². The Bertz CT molecular complexity index is 183. The van der Waals surface area contributed by atoms with Crippen LogP contribution in [0.25, 0.3) is 0 Å². The third-order valence-corrected chi connectivity index (χ3v) is 3.50. The zero-order valence-electron chi connectivity index (χ0n) is 8.79. The summed E-state index contributed by atoms with van der Waals surface area (Å²) < 4.78 is 0. The zero-order chi connectivity index (χ0) is 10.4. The molecule has 1 atom stereocenters. The van der Waals surface area contributed by atoms with Crippen molar-refractivity contribution in [3.63, 3.8) is 0 Å². The zero-order valence-corrected chi connectivity index (χ0v) is 9.61. The molecule has 4 heteroatoms. The predicted octanol–water partition coefficient (Wildman–Crippen LogP) is 0.983. The summed E-state index contributed by atoms with van der Waals surface area (Å²) in [4.78, 5) is 11.3. The Hall–Kier alpha value is -0.220. The highest BCUT2D eigenvalue weighted by atomic mass is 32.2. The fraction of sp³-hybridized carbons (Fsp3) is 0.900. The van der Waals surface area contributed by atoms with E-state index in [1.807, 2.05) is 0 Å². The van der Waals surface area contributed by atoms with Gasteiger partial charge in [-0.05, 0) is 25.2 Å². The van der Waals surface area contributed by atoms with Crippen molar-refractivity contribution in [3.8, 4) is 0 Å². The molecule has 1 saturated carbocycles. The number of hydrogen-bond donors (Lipinski definition) is 2. The minimum Gasteiger partial charge on any atom is -0.355 e. The summed E-state index contributed by atoms with van der Waals surface area (Å²) in [7, 11) is 0. The molecule has 0 saturated heterocycles. The van der Waals surface area contributed by atoms with Crippen LogP contribution in [-0.4, -0.2) is 30.0 Å². The summed E-state index contributed by atoms with van der Waals surface area (Å²) in [6.45, 7) is 2.94. The molecule has 1 fully saturated rings. The van der Waals surface area contributed by atoms with E-state index in [4.69, 9.17) is 5.73 Å². The van der Waals surface area contributed by atoms with E-state index in [9.17, 15) is 4.79 Å². The molecule has 0 aliphatic heterocycles. The summed E-state index contributed by atoms with van der Waals surface area (Å²) >= 11 is 1.63. The first kappa shape index (κ1) is 11.9. The SMILES string of the molecule is CCC(N)CSCC(=O)NCC1CC1. The molecule has 3 nitrogen and oxygen atoms in total. The molecule has 1 unspecified atom stereocenters. The van der Waals surface area contributed by atoms with Gasteiger partial charge >= 0.3 is 0 Å². The van der Waals surface area contributed by atoms with E-state index < -0.39 is 0 Å². The fourth-order valence-corrected chi connectivity index (χ4v) is 2.00. The van der Waals surface area contributed by atoms with Crippen LogP contribution in [0.1, 0.15) is 26.2 Å². The van der Waals surface area contributed by atoms with Crippen molar-refractivity contribution in [1.29, 1.82) is 0 Å². The Balaban J connectivity index is 1.91. The molecular weight excluding hydrogens is 196 g/mol. The molecular formula is C10H20N2OS. The Morgan fingerprint density at radius 3 is 2.93 bits per heavy atom. The van der Waals surface area contributed by atoms with Gasteiger partial charge in [0.1, 0.15) is 0 Å². The number of nitrogens with one attached hydrogen (secondary N) is 1. The number of rotatable bonds is 7. The second-order valence-corrected chi connectivity index (χ2v) is 4.96. The quantitative estimate of drug-likeness (QED) is 0.667. The number of nitrogens with two attached hydrogens (primary N) is 1. The van der Waals surface area contributed by atoms with Crippen LogP contribution in [0, 0.1) is 5.92 Å². The van der Waals surface area contributed by atoms with Crippen LogP contribution in [0.15, 0.2) is 0 Å². The van der Waals surface area contributed by atoms with E-state index in [-0.39, 0.29) is 11.9 Å².